The Hall–Kier alpha value is -1.17. The summed E-state index contributed by atoms with van der Waals surface area (Å²) in [4.78, 5) is 10.9. The fraction of sp³-hybridized carbons (Fsp3) is 0.583. The van der Waals surface area contributed by atoms with Crippen LogP contribution in [0.15, 0.2) is 12.2 Å². The summed E-state index contributed by atoms with van der Waals surface area (Å²) < 4.78 is 25.2. The first-order valence-electron chi connectivity index (χ1n) is 5.14. The molecule has 0 fully saturated rings. The lowest BCUT2D eigenvalue weighted by atomic mass is 9.84. The van der Waals surface area contributed by atoms with Gasteiger partial charge in [-0.15, -0.1) is 0 Å². The van der Waals surface area contributed by atoms with Gasteiger partial charge in [0.15, 0.2) is 0 Å². The number of halogens is 2. The first-order valence-corrected chi connectivity index (χ1v) is 5.14. The molecule has 0 N–H and O–H groups in total. The van der Waals surface area contributed by atoms with Crippen molar-refractivity contribution >= 4 is 5.78 Å². The molecule has 0 saturated heterocycles. The maximum absolute atomic E-state index is 12.6. The third-order valence-corrected chi connectivity index (χ3v) is 2.49. The van der Waals surface area contributed by atoms with Crippen LogP contribution in [0.3, 0.4) is 0 Å². The Morgan fingerprint density at radius 1 is 1.60 bits per heavy atom. The smallest absolute Gasteiger partial charge is 0.242 e. The van der Waals surface area contributed by atoms with Gasteiger partial charge in [0.1, 0.15) is 0 Å². The van der Waals surface area contributed by atoms with E-state index in [9.17, 15) is 13.6 Å². The van der Waals surface area contributed by atoms with Gasteiger partial charge in [0.2, 0.25) is 12.2 Å². The highest BCUT2D eigenvalue weighted by Crippen LogP contribution is 2.29. The van der Waals surface area contributed by atoms with Crippen molar-refractivity contribution in [2.75, 3.05) is 0 Å². The Balaban J connectivity index is 2.71. The van der Waals surface area contributed by atoms with Crippen LogP contribution in [0.4, 0.5) is 8.78 Å². The molecule has 1 nitrogen and oxygen atoms in total. The second kappa shape index (κ2) is 5.65. The van der Waals surface area contributed by atoms with E-state index in [1.807, 2.05) is 6.08 Å². The molecule has 0 aliphatic heterocycles. The second-order valence-electron chi connectivity index (χ2n) is 3.58. The van der Waals surface area contributed by atoms with Crippen LogP contribution < -0.4 is 0 Å². The largest absolute Gasteiger partial charge is 0.285 e. The number of carbonyl (C=O) groups excluding carboxylic acids is 1. The van der Waals surface area contributed by atoms with E-state index in [0.29, 0.717) is 19.3 Å². The number of alkyl halides is 2. The minimum atomic E-state index is -2.36. The Kier molecular flexibility index (Phi) is 4.48. The topological polar surface area (TPSA) is 17.1 Å². The normalized spacial score (nSPS) is 24.8. The van der Waals surface area contributed by atoms with Crippen LogP contribution in [0.1, 0.15) is 26.2 Å². The number of carbonyl (C=O) groups is 1. The molecule has 0 spiro atoms. The van der Waals surface area contributed by atoms with Crippen LogP contribution in [-0.2, 0) is 4.79 Å². The predicted octanol–water partition coefficient (Wildman–Crippen LogP) is 2.82. The minimum Gasteiger partial charge on any atom is -0.285 e. The molecule has 0 aromatic heterocycles. The summed E-state index contributed by atoms with van der Waals surface area (Å²) in [6.07, 6.45) is 2.65. The molecule has 0 heterocycles. The van der Waals surface area contributed by atoms with Gasteiger partial charge in [-0.05, 0) is 18.8 Å². The third kappa shape index (κ3) is 3.47. The van der Waals surface area contributed by atoms with Crippen LogP contribution in [0.2, 0.25) is 0 Å². The van der Waals surface area contributed by atoms with E-state index in [4.69, 9.17) is 0 Å². The number of ketones is 1. The highest BCUT2D eigenvalue weighted by Gasteiger charge is 2.28. The molecule has 0 radical (unpaired) electrons. The number of hydrogen-bond acceptors (Lipinski definition) is 1. The van der Waals surface area contributed by atoms with E-state index in [1.165, 1.54) is 0 Å². The monoisotopic (exact) mass is 212 g/mol. The summed E-state index contributed by atoms with van der Waals surface area (Å²) in [7, 11) is 0. The first kappa shape index (κ1) is 11.9. The van der Waals surface area contributed by atoms with E-state index < -0.39 is 18.3 Å². The second-order valence-corrected chi connectivity index (χ2v) is 3.58. The lowest BCUT2D eigenvalue weighted by Gasteiger charge is -2.22. The average molecular weight is 212 g/mol. The van der Waals surface area contributed by atoms with Crippen LogP contribution in [0.25, 0.3) is 0 Å². The molecular weight excluding hydrogens is 198 g/mol. The van der Waals surface area contributed by atoms with Gasteiger partial charge in [-0.3, -0.25) is 4.79 Å². The van der Waals surface area contributed by atoms with Crippen molar-refractivity contribution in [3.63, 3.8) is 0 Å². The summed E-state index contributed by atoms with van der Waals surface area (Å²) >= 11 is 0. The minimum absolute atomic E-state index is 0.193. The maximum Gasteiger partial charge on any atom is 0.242 e. The van der Waals surface area contributed by atoms with Crippen molar-refractivity contribution in [2.45, 2.75) is 32.6 Å². The molecule has 0 amide bonds. The van der Waals surface area contributed by atoms with Gasteiger partial charge in [0.25, 0.3) is 0 Å². The standard InChI is InChI=1S/C12H14F2O/c1-2-10(15)8-7-9-5-3-4-6-11(9)12(13)14/h3,5,9,11-12H,2,4,6H2,1H3. The number of allylic oxidation sites excluding steroid dienone is 2. The summed E-state index contributed by atoms with van der Waals surface area (Å²) in [5, 5.41) is 0. The number of Topliss-reactive ketones (excluding diaryl/α,β-unsaturated/α-hetero) is 1. The quantitative estimate of drug-likeness (QED) is 0.391. The summed E-state index contributed by atoms with van der Waals surface area (Å²) in [6, 6.07) is 0. The fourth-order valence-corrected chi connectivity index (χ4v) is 1.54. The molecular formula is C12H14F2O. The molecule has 3 heteroatoms. The average Bonchev–Trinajstić information content (AvgIpc) is 2.26. The zero-order valence-corrected chi connectivity index (χ0v) is 8.67. The van der Waals surface area contributed by atoms with Crippen LogP contribution in [0.5, 0.6) is 0 Å². The lowest BCUT2D eigenvalue weighted by molar-refractivity contribution is -0.113. The Morgan fingerprint density at radius 2 is 2.33 bits per heavy atom. The van der Waals surface area contributed by atoms with Crippen LogP contribution in [-0.4, -0.2) is 12.2 Å². The molecule has 1 aliphatic rings. The molecule has 0 aromatic rings. The van der Waals surface area contributed by atoms with E-state index in [1.54, 1.807) is 13.0 Å². The highest BCUT2D eigenvalue weighted by molar-refractivity contribution is 5.95. The van der Waals surface area contributed by atoms with Gasteiger partial charge in [0.05, 0.1) is 0 Å². The van der Waals surface area contributed by atoms with Crippen LogP contribution in [0, 0.1) is 23.7 Å². The zero-order chi connectivity index (χ0) is 11.3. The molecule has 2 atom stereocenters. The van der Waals surface area contributed by atoms with Crippen molar-refractivity contribution in [1.29, 1.82) is 0 Å². The van der Waals surface area contributed by atoms with Crippen molar-refractivity contribution < 1.29 is 13.6 Å². The van der Waals surface area contributed by atoms with Crippen molar-refractivity contribution in [3.05, 3.63) is 12.2 Å². The van der Waals surface area contributed by atoms with Gasteiger partial charge >= 0.3 is 0 Å². The zero-order valence-electron chi connectivity index (χ0n) is 8.67. The Morgan fingerprint density at radius 3 is 2.93 bits per heavy atom. The van der Waals surface area contributed by atoms with E-state index in [2.05, 4.69) is 11.8 Å². The number of rotatable bonds is 2. The molecule has 82 valence electrons. The highest BCUT2D eigenvalue weighted by atomic mass is 19.3. The van der Waals surface area contributed by atoms with Crippen molar-refractivity contribution in [2.24, 2.45) is 11.8 Å². The van der Waals surface area contributed by atoms with Gasteiger partial charge < -0.3 is 0 Å². The summed E-state index contributed by atoms with van der Waals surface area (Å²) in [5.74, 6) is 3.68. The van der Waals surface area contributed by atoms with E-state index >= 15 is 0 Å². The third-order valence-electron chi connectivity index (χ3n) is 2.49. The van der Waals surface area contributed by atoms with E-state index in [0.717, 1.165) is 0 Å². The lowest BCUT2D eigenvalue weighted by Crippen LogP contribution is -2.22. The molecule has 0 saturated carbocycles. The Bertz CT molecular complexity index is 309. The Labute approximate surface area is 88.5 Å². The van der Waals surface area contributed by atoms with Gasteiger partial charge in [-0.1, -0.05) is 25.0 Å². The summed E-state index contributed by atoms with van der Waals surface area (Å²) in [6.45, 7) is 1.71. The van der Waals surface area contributed by atoms with Crippen LogP contribution >= 0.6 is 0 Å². The molecule has 0 aromatic carbocycles. The molecule has 2 unspecified atom stereocenters. The predicted molar refractivity (Wildman–Crippen MR) is 54.4 cm³/mol. The fourth-order valence-electron chi connectivity index (χ4n) is 1.54. The molecule has 15 heavy (non-hydrogen) atoms. The number of hydrogen-bond donors (Lipinski definition) is 0. The SMILES string of the molecule is CCC(=O)C#CC1C=CCCC1C(F)F. The summed E-state index contributed by atoms with van der Waals surface area (Å²) in [5.41, 5.74) is 0. The molecule has 1 rings (SSSR count). The first-order chi connectivity index (χ1) is 7.15. The van der Waals surface area contributed by atoms with Crippen molar-refractivity contribution in [3.8, 4) is 11.8 Å². The molecule has 1 aliphatic carbocycles. The van der Waals surface area contributed by atoms with E-state index in [-0.39, 0.29) is 5.78 Å². The van der Waals surface area contributed by atoms with Gasteiger partial charge in [0, 0.05) is 18.3 Å². The molecule has 0 bridgehead atoms. The van der Waals surface area contributed by atoms with Crippen molar-refractivity contribution in [1.82, 2.24) is 0 Å². The van der Waals surface area contributed by atoms with Gasteiger partial charge in [-0.2, -0.15) is 0 Å². The maximum atomic E-state index is 12.6. The van der Waals surface area contributed by atoms with Gasteiger partial charge in [-0.25, -0.2) is 8.78 Å².